The van der Waals surface area contributed by atoms with E-state index >= 15 is 0 Å². The third kappa shape index (κ3) is 9.64. The van der Waals surface area contributed by atoms with E-state index in [1.807, 2.05) is 81.5 Å². The van der Waals surface area contributed by atoms with Crippen molar-refractivity contribution in [3.05, 3.63) is 83.6 Å². The van der Waals surface area contributed by atoms with Gasteiger partial charge in [0.2, 0.25) is 0 Å². The van der Waals surface area contributed by atoms with Crippen molar-refractivity contribution in [3.8, 4) is 11.5 Å². The molecule has 0 fully saturated rings. The fraction of sp³-hybridized carbons (Fsp3) is 0.452. The normalized spacial score (nSPS) is 17.0. The molecule has 214 valence electrons. The van der Waals surface area contributed by atoms with Crippen LogP contribution in [0.1, 0.15) is 44.7 Å². The van der Waals surface area contributed by atoms with Crippen LogP contribution in [0.5, 0.6) is 11.5 Å². The van der Waals surface area contributed by atoms with Gasteiger partial charge in [-0.15, -0.1) is 0 Å². The van der Waals surface area contributed by atoms with Crippen LogP contribution in [0.15, 0.2) is 72.5 Å². The van der Waals surface area contributed by atoms with E-state index in [9.17, 15) is 4.79 Å². The Hall–Kier alpha value is -3.43. The van der Waals surface area contributed by atoms with E-state index in [1.54, 1.807) is 20.3 Å². The fourth-order valence-corrected chi connectivity index (χ4v) is 4.32. The van der Waals surface area contributed by atoms with Crippen LogP contribution in [-0.4, -0.2) is 52.2 Å². The van der Waals surface area contributed by atoms with Gasteiger partial charge in [0.15, 0.2) is 0 Å². The largest absolute Gasteiger partial charge is 0.0530 e. The molecule has 1 heterocycles. The summed E-state index contributed by atoms with van der Waals surface area (Å²) in [6.45, 7) is 7.14. The Kier molecular flexibility index (Phi) is 12.0. The monoisotopic (exact) mass is 549 g/mol. The van der Waals surface area contributed by atoms with E-state index in [0.29, 0.717) is 32.0 Å². The van der Waals surface area contributed by atoms with Crippen molar-refractivity contribution in [1.82, 2.24) is 0 Å². The van der Waals surface area contributed by atoms with Gasteiger partial charge in [0.1, 0.15) is 5.75 Å². The number of ketones is 1. The number of allylic oxidation sites excluding steroid dienone is 2. The van der Waals surface area contributed by atoms with Crippen LogP contribution >= 0.6 is 0 Å². The predicted molar refractivity (Wildman–Crippen MR) is 153 cm³/mol. The first-order valence-electron chi connectivity index (χ1n) is 13.4. The molecule has 1 N–H and O–H groups in total. The molecule has 0 aliphatic carbocycles. The van der Waals surface area contributed by atoms with Crippen molar-refractivity contribution in [3.63, 3.8) is 0 Å². The van der Waals surface area contributed by atoms with Gasteiger partial charge in [0.25, 0.3) is 0 Å². The van der Waals surface area contributed by atoms with Crippen LogP contribution in [0, 0.1) is 10.7 Å². The van der Waals surface area contributed by atoms with E-state index in [-0.39, 0.29) is 30.5 Å². The number of benzene rings is 2. The zero-order valence-corrected chi connectivity index (χ0v) is 24.1. The Bertz CT molecular complexity index is 1150. The third-order valence-electron chi connectivity index (χ3n) is 6.75. The quantitative estimate of drug-likeness (QED) is 0.160. The second-order valence-electron chi connectivity index (χ2n) is 10.3. The summed E-state index contributed by atoms with van der Waals surface area (Å²) in [6.07, 6.45) is 5.09. The molecule has 8 nitrogen and oxygen atoms in total. The summed E-state index contributed by atoms with van der Waals surface area (Å²) < 4.78 is 34.1. The van der Waals surface area contributed by atoms with Gasteiger partial charge in [0, 0.05) is 0 Å². The van der Waals surface area contributed by atoms with Crippen LogP contribution in [0.25, 0.3) is 0 Å². The number of rotatable bonds is 16. The zero-order chi connectivity index (χ0) is 29.0. The molecule has 0 spiro atoms. The first-order chi connectivity index (χ1) is 19.2. The maximum Gasteiger partial charge on any atom is -0.0196 e. The van der Waals surface area contributed by atoms with Gasteiger partial charge >= 0.3 is 184 Å². The molecule has 0 bridgehead atoms. The average molecular weight is 549 g/mol. The molecule has 0 radical (unpaired) electrons. The number of hydrogen-bond donors (Lipinski definition) is 1. The Morgan fingerprint density at radius 1 is 1.02 bits per heavy atom. The molecule has 0 aromatic heterocycles. The maximum atomic E-state index is 12.7. The van der Waals surface area contributed by atoms with Gasteiger partial charge in [0.05, 0.1) is 13.7 Å². The van der Waals surface area contributed by atoms with Crippen LogP contribution in [-0.2, 0) is 36.9 Å². The first-order valence-corrected chi connectivity index (χ1v) is 13.4. The van der Waals surface area contributed by atoms with Crippen molar-refractivity contribution in [2.24, 2.45) is 5.41 Å². The summed E-state index contributed by atoms with van der Waals surface area (Å²) in [6, 6.07) is 15.4. The van der Waals surface area contributed by atoms with Gasteiger partial charge in [-0.25, -0.2) is 0 Å². The molecule has 1 aliphatic heterocycles. The fourth-order valence-electron chi connectivity index (χ4n) is 4.32. The van der Waals surface area contributed by atoms with Crippen LogP contribution in [0.2, 0.25) is 0 Å². The molecule has 0 unspecified atom stereocenters. The number of carbonyl (C=O) groups excluding carboxylic acids is 1. The first kappa shape index (κ1) is 31.1. The minimum atomic E-state index is -0.506. The maximum absolute atomic E-state index is 12.7. The molecular weight excluding hydrogens is 509 g/mol. The number of carbonyl (C=O) groups is 1. The number of nitrogens with one attached hydrogen (secondary N) is 1. The van der Waals surface area contributed by atoms with Gasteiger partial charge in [-0.05, 0) is 17.7 Å². The summed E-state index contributed by atoms with van der Waals surface area (Å²) in [5.74, 6) is 2.20. The number of ether oxygens (including phenoxy) is 5. The van der Waals surface area contributed by atoms with Gasteiger partial charge in [-0.1, -0.05) is 12.1 Å². The molecule has 0 amide bonds. The van der Waals surface area contributed by atoms with Crippen molar-refractivity contribution >= 4 is 13.1 Å². The van der Waals surface area contributed by atoms with Gasteiger partial charge < -0.3 is 4.74 Å². The van der Waals surface area contributed by atoms with Gasteiger partial charge in [-0.3, -0.25) is 0 Å². The van der Waals surface area contributed by atoms with E-state index in [2.05, 4.69) is 0 Å². The molecule has 0 saturated heterocycles. The topological polar surface area (TPSA) is 96.3 Å². The molecular formula is C31H40BNO7. The Balaban J connectivity index is 1.56. The second-order valence-corrected chi connectivity index (χ2v) is 10.3. The van der Waals surface area contributed by atoms with Crippen molar-refractivity contribution in [1.29, 1.82) is 5.31 Å². The van der Waals surface area contributed by atoms with Crippen LogP contribution < -0.4 is 9.47 Å². The molecule has 3 rings (SSSR count). The standard InChI is InChI=1S/C31H40BNO7/c1-22(40-32-33)29(38-21-24-9-13-27(36-5)14-10-24)19-28-17-25(34)18-30(39-28)31(2,3)15-6-16-37-20-23-7-11-26(35-4)12-8-23/h6-15,18,22,28-29,33H,16-17,19-21H2,1-5H3/b15-6+/t22-,28+,29-/m1/s1. The Labute approximate surface area is 238 Å². The number of methoxy groups -OCH3 is 2. The summed E-state index contributed by atoms with van der Waals surface area (Å²) in [5.41, 5.74) is 1.54. The van der Waals surface area contributed by atoms with Crippen LogP contribution in [0.3, 0.4) is 0 Å². The predicted octanol–water partition coefficient (Wildman–Crippen LogP) is 5.81. The van der Waals surface area contributed by atoms with Crippen molar-refractivity contribution in [2.75, 3.05) is 20.8 Å². The van der Waals surface area contributed by atoms with Gasteiger partial charge in [-0.2, -0.15) is 0 Å². The third-order valence-corrected chi connectivity index (χ3v) is 6.75. The molecule has 40 heavy (non-hydrogen) atoms. The SMILES string of the molecule is COc1ccc(COC/C=C/C(C)(C)C2=CC(=O)C[C@@H](C[C@@H](OCc3ccc(OC)cc3)[C@@H](C)OB=N)O2)cc1. The second kappa shape index (κ2) is 15.4. The van der Waals surface area contributed by atoms with Crippen LogP contribution in [0.4, 0.5) is 0 Å². The Morgan fingerprint density at radius 2 is 1.62 bits per heavy atom. The summed E-state index contributed by atoms with van der Waals surface area (Å²) in [4.78, 5) is 12.7. The van der Waals surface area contributed by atoms with E-state index in [0.717, 1.165) is 29.9 Å². The molecule has 3 atom stereocenters. The molecule has 2 aromatic rings. The molecule has 2 aromatic carbocycles. The van der Waals surface area contributed by atoms with E-state index in [1.165, 1.54) is 0 Å². The summed E-state index contributed by atoms with van der Waals surface area (Å²) in [5, 5.41) is 7.36. The summed E-state index contributed by atoms with van der Waals surface area (Å²) in [7, 11) is 4.18. The summed E-state index contributed by atoms with van der Waals surface area (Å²) >= 11 is 0. The average Bonchev–Trinajstić information content (AvgIpc) is 2.95. The smallest absolute Gasteiger partial charge is 0.0196 e. The van der Waals surface area contributed by atoms with E-state index in [4.69, 9.17) is 33.7 Å². The molecule has 9 heteroatoms. The minimum absolute atomic E-state index is 0.0120. The zero-order valence-electron chi connectivity index (χ0n) is 24.1. The molecule has 1 aliphatic rings. The van der Waals surface area contributed by atoms with E-state index < -0.39 is 5.41 Å². The van der Waals surface area contributed by atoms with Crippen molar-refractivity contribution in [2.45, 2.75) is 65.1 Å². The molecule has 0 saturated carbocycles. The Morgan fingerprint density at radius 3 is 2.20 bits per heavy atom. The van der Waals surface area contributed by atoms with Crippen molar-refractivity contribution < 1.29 is 33.1 Å². The minimum Gasteiger partial charge on any atom is -0.0530 e. The number of hydrogen-bond acceptors (Lipinski definition) is 8.